The highest BCUT2D eigenvalue weighted by molar-refractivity contribution is 7.09. The summed E-state index contributed by atoms with van der Waals surface area (Å²) >= 11 is 1.71. The van der Waals surface area contributed by atoms with Gasteiger partial charge in [-0.05, 0) is 52.0 Å². The fraction of sp³-hybridized carbons (Fsp3) is 0.400. The minimum absolute atomic E-state index is 1.10. The molecule has 0 radical (unpaired) electrons. The van der Waals surface area contributed by atoms with Crippen molar-refractivity contribution in [3.8, 4) is 11.3 Å². The Bertz CT molecular complexity index is 503. The fourth-order valence-corrected chi connectivity index (χ4v) is 2.60. The molecule has 0 aliphatic carbocycles. The van der Waals surface area contributed by atoms with Crippen molar-refractivity contribution in [2.75, 3.05) is 20.6 Å². The van der Waals surface area contributed by atoms with E-state index in [4.69, 9.17) is 0 Å². The molecule has 96 valence electrons. The summed E-state index contributed by atoms with van der Waals surface area (Å²) in [5, 5.41) is 3.26. The molecule has 0 N–H and O–H groups in total. The number of benzene rings is 1. The standard InChI is InChI=1S/C15H20N2S/c1-12-16-15(11-18-12)14-8-4-6-13(10-14)7-5-9-17(2)3/h4,6,8,10-11H,5,7,9H2,1-3H3. The van der Waals surface area contributed by atoms with Gasteiger partial charge in [-0.15, -0.1) is 11.3 Å². The highest BCUT2D eigenvalue weighted by Gasteiger charge is 2.03. The first-order chi connectivity index (χ1) is 8.65. The predicted octanol–water partition coefficient (Wildman–Crippen LogP) is 3.61. The number of hydrogen-bond donors (Lipinski definition) is 0. The van der Waals surface area contributed by atoms with Crippen LogP contribution in [0.5, 0.6) is 0 Å². The van der Waals surface area contributed by atoms with Crippen LogP contribution in [0.25, 0.3) is 11.3 Å². The zero-order valence-electron chi connectivity index (χ0n) is 11.3. The van der Waals surface area contributed by atoms with Crippen LogP contribution in [0.2, 0.25) is 0 Å². The molecule has 1 heterocycles. The van der Waals surface area contributed by atoms with Gasteiger partial charge in [-0.25, -0.2) is 4.98 Å². The molecule has 0 spiro atoms. The first-order valence-electron chi connectivity index (χ1n) is 6.31. The lowest BCUT2D eigenvalue weighted by atomic mass is 10.0. The maximum Gasteiger partial charge on any atom is 0.0901 e. The van der Waals surface area contributed by atoms with Gasteiger partial charge in [0.2, 0.25) is 0 Å². The van der Waals surface area contributed by atoms with E-state index < -0.39 is 0 Å². The second-order valence-corrected chi connectivity index (χ2v) is 5.92. The summed E-state index contributed by atoms with van der Waals surface area (Å²) in [6.07, 6.45) is 2.34. The number of nitrogens with zero attached hydrogens (tertiary/aromatic N) is 2. The lowest BCUT2D eigenvalue weighted by Gasteiger charge is -2.09. The van der Waals surface area contributed by atoms with E-state index >= 15 is 0 Å². The third-order valence-corrected chi connectivity index (χ3v) is 3.69. The molecular weight excluding hydrogens is 240 g/mol. The number of thiazole rings is 1. The van der Waals surface area contributed by atoms with Crippen LogP contribution in [0.1, 0.15) is 17.0 Å². The minimum atomic E-state index is 1.10. The molecule has 1 aromatic carbocycles. The largest absolute Gasteiger partial charge is 0.309 e. The first-order valence-corrected chi connectivity index (χ1v) is 7.19. The molecule has 0 amide bonds. The Kier molecular flexibility index (Phi) is 4.50. The predicted molar refractivity (Wildman–Crippen MR) is 79.2 cm³/mol. The van der Waals surface area contributed by atoms with Crippen molar-refractivity contribution in [1.29, 1.82) is 0 Å². The smallest absolute Gasteiger partial charge is 0.0901 e. The Morgan fingerprint density at radius 2 is 2.11 bits per heavy atom. The Balaban J connectivity index is 2.05. The maximum atomic E-state index is 4.54. The summed E-state index contributed by atoms with van der Waals surface area (Å²) in [4.78, 5) is 6.77. The molecule has 0 aliphatic rings. The Labute approximate surface area is 113 Å². The summed E-state index contributed by atoms with van der Waals surface area (Å²) in [6.45, 7) is 3.19. The van der Waals surface area contributed by atoms with E-state index in [1.54, 1.807) is 11.3 Å². The van der Waals surface area contributed by atoms with Crippen molar-refractivity contribution in [3.63, 3.8) is 0 Å². The fourth-order valence-electron chi connectivity index (χ4n) is 1.98. The maximum absolute atomic E-state index is 4.54. The molecule has 18 heavy (non-hydrogen) atoms. The van der Waals surface area contributed by atoms with Crippen LogP contribution in [0.3, 0.4) is 0 Å². The van der Waals surface area contributed by atoms with Gasteiger partial charge in [0.05, 0.1) is 10.7 Å². The molecule has 1 aromatic heterocycles. The SMILES string of the molecule is Cc1nc(-c2cccc(CCCN(C)C)c2)cs1. The molecule has 0 bridgehead atoms. The Morgan fingerprint density at radius 3 is 2.78 bits per heavy atom. The third kappa shape index (κ3) is 3.65. The van der Waals surface area contributed by atoms with Crippen molar-refractivity contribution in [2.24, 2.45) is 0 Å². The van der Waals surface area contributed by atoms with Gasteiger partial charge in [0.25, 0.3) is 0 Å². The average molecular weight is 260 g/mol. The summed E-state index contributed by atoms with van der Waals surface area (Å²) in [7, 11) is 4.24. The summed E-state index contributed by atoms with van der Waals surface area (Å²) in [5.41, 5.74) is 3.74. The molecule has 0 atom stereocenters. The molecule has 0 unspecified atom stereocenters. The van der Waals surface area contributed by atoms with E-state index in [-0.39, 0.29) is 0 Å². The molecular formula is C15H20N2S. The van der Waals surface area contributed by atoms with Crippen LogP contribution < -0.4 is 0 Å². The lowest BCUT2D eigenvalue weighted by Crippen LogP contribution is -2.13. The van der Waals surface area contributed by atoms with Crippen molar-refractivity contribution >= 4 is 11.3 Å². The molecule has 0 saturated carbocycles. The van der Waals surface area contributed by atoms with E-state index in [0.717, 1.165) is 23.7 Å². The highest BCUT2D eigenvalue weighted by atomic mass is 32.1. The van der Waals surface area contributed by atoms with Gasteiger partial charge in [-0.3, -0.25) is 0 Å². The van der Waals surface area contributed by atoms with Gasteiger partial charge in [0, 0.05) is 10.9 Å². The molecule has 0 saturated heterocycles. The Morgan fingerprint density at radius 1 is 1.28 bits per heavy atom. The highest BCUT2D eigenvalue weighted by Crippen LogP contribution is 2.22. The van der Waals surface area contributed by atoms with Gasteiger partial charge in [-0.1, -0.05) is 18.2 Å². The number of rotatable bonds is 5. The monoisotopic (exact) mass is 260 g/mol. The average Bonchev–Trinajstić information content (AvgIpc) is 2.76. The van der Waals surface area contributed by atoms with Gasteiger partial charge in [0.1, 0.15) is 0 Å². The zero-order valence-corrected chi connectivity index (χ0v) is 12.1. The van der Waals surface area contributed by atoms with E-state index in [9.17, 15) is 0 Å². The van der Waals surface area contributed by atoms with E-state index in [0.29, 0.717) is 0 Å². The molecule has 0 fully saturated rings. The van der Waals surface area contributed by atoms with Gasteiger partial charge in [-0.2, -0.15) is 0 Å². The van der Waals surface area contributed by atoms with Gasteiger partial charge >= 0.3 is 0 Å². The van der Waals surface area contributed by atoms with Crippen LogP contribution >= 0.6 is 11.3 Å². The van der Waals surface area contributed by atoms with Crippen LogP contribution in [-0.2, 0) is 6.42 Å². The molecule has 0 aliphatic heterocycles. The molecule has 3 heteroatoms. The van der Waals surface area contributed by atoms with Gasteiger partial charge in [0.15, 0.2) is 0 Å². The van der Waals surface area contributed by atoms with Gasteiger partial charge < -0.3 is 4.90 Å². The summed E-state index contributed by atoms with van der Waals surface area (Å²) < 4.78 is 0. The number of hydrogen-bond acceptors (Lipinski definition) is 3. The minimum Gasteiger partial charge on any atom is -0.309 e. The third-order valence-electron chi connectivity index (χ3n) is 2.91. The van der Waals surface area contributed by atoms with Crippen molar-refractivity contribution in [1.82, 2.24) is 9.88 Å². The van der Waals surface area contributed by atoms with Crippen LogP contribution in [0.15, 0.2) is 29.6 Å². The number of aryl methyl sites for hydroxylation is 2. The molecule has 2 aromatic rings. The van der Waals surface area contributed by atoms with Crippen molar-refractivity contribution in [2.45, 2.75) is 19.8 Å². The van der Waals surface area contributed by atoms with E-state index in [1.807, 2.05) is 0 Å². The van der Waals surface area contributed by atoms with Crippen molar-refractivity contribution < 1.29 is 0 Å². The second-order valence-electron chi connectivity index (χ2n) is 4.86. The molecule has 2 rings (SSSR count). The Hall–Kier alpha value is -1.19. The number of aromatic nitrogens is 1. The normalized spacial score (nSPS) is 11.1. The van der Waals surface area contributed by atoms with Crippen LogP contribution in [0, 0.1) is 6.92 Å². The zero-order chi connectivity index (χ0) is 13.0. The van der Waals surface area contributed by atoms with Crippen molar-refractivity contribution in [3.05, 3.63) is 40.2 Å². The first kappa shape index (κ1) is 13.2. The second kappa shape index (κ2) is 6.12. The quantitative estimate of drug-likeness (QED) is 0.816. The lowest BCUT2D eigenvalue weighted by molar-refractivity contribution is 0.400. The van der Waals surface area contributed by atoms with Crippen LogP contribution in [0.4, 0.5) is 0 Å². The van der Waals surface area contributed by atoms with Crippen LogP contribution in [-0.4, -0.2) is 30.5 Å². The van der Waals surface area contributed by atoms with E-state index in [1.165, 1.54) is 17.5 Å². The summed E-state index contributed by atoms with van der Waals surface area (Å²) in [6, 6.07) is 8.75. The summed E-state index contributed by atoms with van der Waals surface area (Å²) in [5.74, 6) is 0. The topological polar surface area (TPSA) is 16.1 Å². The molecule has 2 nitrogen and oxygen atoms in total. The van der Waals surface area contributed by atoms with E-state index in [2.05, 4.69) is 60.5 Å².